The first-order chi connectivity index (χ1) is 39.6. The fourth-order valence-corrected chi connectivity index (χ4v) is 11.2. The maximum absolute atomic E-state index is 15.1. The molecule has 0 fully saturated rings. The highest BCUT2D eigenvalue weighted by atomic mass is 32.2. The second-order valence-corrected chi connectivity index (χ2v) is 24.3. The van der Waals surface area contributed by atoms with Gasteiger partial charge in [-0.2, -0.15) is 0 Å². The summed E-state index contributed by atoms with van der Waals surface area (Å²) in [7, 11) is 0. The Kier molecular flexibility index (Phi) is 24.0. The third kappa shape index (κ3) is 20.5. The number of aryl methyl sites for hydroxylation is 1. The predicted molar refractivity (Wildman–Crippen MR) is 326 cm³/mol. The van der Waals surface area contributed by atoms with E-state index in [-0.39, 0.29) is 37.5 Å². The van der Waals surface area contributed by atoms with Crippen LogP contribution in [0.15, 0.2) is 176 Å². The molecule has 0 aliphatic rings. The molecule has 13 nitrogen and oxygen atoms in total. The molecule has 0 saturated heterocycles. The first-order valence-electron chi connectivity index (χ1n) is 28.6. The molecule has 0 saturated carbocycles. The fraction of sp³-hybridized carbons (Fsp3) is 0.377. The van der Waals surface area contributed by atoms with E-state index in [1.54, 1.807) is 48.5 Å². The Morgan fingerprint density at radius 1 is 0.494 bits per heavy atom. The summed E-state index contributed by atoms with van der Waals surface area (Å²) in [5.41, 5.74) is 4.43. The molecule has 0 bridgehead atoms. The summed E-state index contributed by atoms with van der Waals surface area (Å²) in [6, 6.07) is 52.4. The van der Waals surface area contributed by atoms with Gasteiger partial charge in [0.05, 0.1) is 29.2 Å². The molecule has 83 heavy (non-hydrogen) atoms. The molecule has 6 aromatic rings. The van der Waals surface area contributed by atoms with Gasteiger partial charge in [-0.25, -0.2) is 9.59 Å². The van der Waals surface area contributed by atoms with Crippen LogP contribution in [0.25, 0.3) is 0 Å². The summed E-state index contributed by atoms with van der Waals surface area (Å²) < 4.78 is 16.4. The van der Waals surface area contributed by atoms with Crippen molar-refractivity contribution in [1.82, 2.24) is 16.0 Å². The number of hydrogen-bond donors (Lipinski definition) is 3. The first kappa shape index (κ1) is 64.3. The Hall–Kier alpha value is -7.84. The van der Waals surface area contributed by atoms with Gasteiger partial charge in [0.2, 0.25) is 11.8 Å². The van der Waals surface area contributed by atoms with Crippen LogP contribution in [-0.4, -0.2) is 76.5 Å². The van der Waals surface area contributed by atoms with E-state index in [4.69, 9.17) is 14.2 Å². The Bertz CT molecular complexity index is 2940. The molecule has 0 heterocycles. The summed E-state index contributed by atoms with van der Waals surface area (Å²) in [5, 5.41) is 8.54. The van der Waals surface area contributed by atoms with Crippen LogP contribution >= 0.6 is 11.8 Å². The van der Waals surface area contributed by atoms with Gasteiger partial charge >= 0.3 is 18.0 Å². The third-order valence-corrected chi connectivity index (χ3v) is 15.4. The molecular formula is C69H81N3O10S. The molecule has 6 rings (SSSR count). The zero-order valence-corrected chi connectivity index (χ0v) is 50.0. The van der Waals surface area contributed by atoms with Gasteiger partial charge in [0.1, 0.15) is 23.9 Å². The van der Waals surface area contributed by atoms with Crippen LogP contribution in [0, 0.1) is 11.8 Å². The highest BCUT2D eigenvalue weighted by Gasteiger charge is 2.40. The highest BCUT2D eigenvalue weighted by Crippen LogP contribution is 2.48. The predicted octanol–water partition coefficient (Wildman–Crippen LogP) is 12.0. The number of amides is 3. The molecule has 6 aromatic carbocycles. The molecule has 14 heteroatoms. The van der Waals surface area contributed by atoms with E-state index in [0.717, 1.165) is 51.8 Å². The Morgan fingerprint density at radius 3 is 1.46 bits per heavy atom. The van der Waals surface area contributed by atoms with Crippen molar-refractivity contribution in [2.45, 2.75) is 147 Å². The largest absolute Gasteiger partial charge is 0.460 e. The normalized spacial score (nSPS) is 13.4. The lowest BCUT2D eigenvalue weighted by atomic mass is 9.84. The zero-order valence-electron chi connectivity index (χ0n) is 49.2. The van der Waals surface area contributed by atoms with E-state index in [1.807, 2.05) is 176 Å². The van der Waals surface area contributed by atoms with E-state index in [1.165, 1.54) is 11.8 Å². The minimum absolute atomic E-state index is 0.0392. The van der Waals surface area contributed by atoms with Gasteiger partial charge in [0.25, 0.3) is 0 Å². The van der Waals surface area contributed by atoms with Gasteiger partial charge in [0.15, 0.2) is 11.6 Å². The highest BCUT2D eigenvalue weighted by molar-refractivity contribution is 8.00. The average molecular weight is 1140 g/mol. The van der Waals surface area contributed by atoms with E-state index >= 15 is 4.79 Å². The van der Waals surface area contributed by atoms with Crippen molar-refractivity contribution in [3.8, 4) is 0 Å². The lowest BCUT2D eigenvalue weighted by molar-refractivity contribution is -0.157. The molecule has 3 amide bonds. The smallest absolute Gasteiger partial charge is 0.408 e. The van der Waals surface area contributed by atoms with E-state index in [2.05, 4.69) is 22.9 Å². The summed E-state index contributed by atoms with van der Waals surface area (Å²) in [6.07, 6.45) is -0.210. The van der Waals surface area contributed by atoms with Gasteiger partial charge in [-0.3, -0.25) is 24.0 Å². The van der Waals surface area contributed by atoms with Crippen LogP contribution < -0.4 is 16.0 Å². The number of benzene rings is 6. The number of nitrogens with one attached hydrogen (secondary N) is 3. The molecule has 438 valence electrons. The minimum Gasteiger partial charge on any atom is -0.460 e. The van der Waals surface area contributed by atoms with E-state index in [0.29, 0.717) is 6.42 Å². The molecule has 0 radical (unpaired) electrons. The maximum atomic E-state index is 15.1. The monoisotopic (exact) mass is 1140 g/mol. The van der Waals surface area contributed by atoms with Crippen molar-refractivity contribution in [1.29, 1.82) is 0 Å². The maximum Gasteiger partial charge on any atom is 0.408 e. The Balaban J connectivity index is 1.33. The SMILES string of the molecule is CCCc1ccc(COC(=O)[C@H](CSC(c2ccccc2)(c2ccccc2)c2ccccc2)NC(=O)[C@H](CC(=O)OC(C)(C)C)CC(=O)[C@H](CCC(=O)[C@H](Cc2ccccc2)NC(=O)[C@@H](C)Cc2ccccc2)NC(=O)OC(C)(C)C)cc1. The second-order valence-electron chi connectivity index (χ2n) is 23.0. The van der Waals surface area contributed by atoms with Crippen LogP contribution in [0.3, 0.4) is 0 Å². The number of hydrogen-bond acceptors (Lipinski definition) is 11. The van der Waals surface area contributed by atoms with Gasteiger partial charge in [-0.15, -0.1) is 11.8 Å². The Labute approximate surface area is 494 Å². The fourth-order valence-electron chi connectivity index (χ4n) is 9.70. The quantitative estimate of drug-likeness (QED) is 0.0231. The van der Waals surface area contributed by atoms with Crippen LogP contribution in [0.5, 0.6) is 0 Å². The first-order valence-corrected chi connectivity index (χ1v) is 29.6. The molecule has 0 aliphatic carbocycles. The number of rotatable bonds is 29. The van der Waals surface area contributed by atoms with E-state index in [9.17, 15) is 28.8 Å². The summed E-state index contributed by atoms with van der Waals surface area (Å²) in [4.78, 5) is 100. The number of ketones is 2. The zero-order chi connectivity index (χ0) is 60.0. The van der Waals surface area contributed by atoms with Gasteiger partial charge in [-0.1, -0.05) is 196 Å². The number of esters is 2. The van der Waals surface area contributed by atoms with Crippen LogP contribution in [-0.2, 0) is 73.6 Å². The molecule has 5 atom stereocenters. The second kappa shape index (κ2) is 31.0. The average Bonchev–Trinajstić information content (AvgIpc) is 3.62. The van der Waals surface area contributed by atoms with Crippen LogP contribution in [0.1, 0.15) is 126 Å². The van der Waals surface area contributed by atoms with Gasteiger partial charge < -0.3 is 30.2 Å². The molecular weight excluding hydrogens is 1060 g/mol. The van der Waals surface area contributed by atoms with Crippen molar-refractivity contribution in [3.63, 3.8) is 0 Å². The number of thioether (sulfide) groups is 1. The third-order valence-electron chi connectivity index (χ3n) is 13.8. The molecule has 3 N–H and O–H groups in total. The number of Topliss-reactive ketones (excluding diaryl/α,β-unsaturated/α-hetero) is 2. The number of carbonyl (C=O) groups excluding carboxylic acids is 7. The van der Waals surface area contributed by atoms with Crippen molar-refractivity contribution in [2.24, 2.45) is 11.8 Å². The van der Waals surface area contributed by atoms with Crippen molar-refractivity contribution in [3.05, 3.63) is 215 Å². The lowest BCUT2D eigenvalue weighted by Gasteiger charge is -2.36. The van der Waals surface area contributed by atoms with Crippen LogP contribution in [0.2, 0.25) is 0 Å². The summed E-state index contributed by atoms with van der Waals surface area (Å²) in [5.74, 6) is -5.73. The Morgan fingerprint density at radius 2 is 0.964 bits per heavy atom. The van der Waals surface area contributed by atoms with E-state index < -0.39 is 94.3 Å². The number of alkyl carbamates (subject to hydrolysis) is 1. The summed E-state index contributed by atoms with van der Waals surface area (Å²) >= 11 is 1.42. The molecule has 0 spiro atoms. The van der Waals surface area contributed by atoms with Crippen molar-refractivity contribution >= 4 is 53.2 Å². The summed E-state index contributed by atoms with van der Waals surface area (Å²) in [6.45, 7) is 13.8. The number of carbonyl (C=O) groups is 7. The van der Waals surface area contributed by atoms with Crippen LogP contribution in [0.4, 0.5) is 4.79 Å². The van der Waals surface area contributed by atoms with Gasteiger partial charge in [-0.05, 0) is 106 Å². The van der Waals surface area contributed by atoms with Crippen molar-refractivity contribution in [2.75, 3.05) is 5.75 Å². The molecule has 0 aromatic heterocycles. The lowest BCUT2D eigenvalue weighted by Crippen LogP contribution is -2.49. The topological polar surface area (TPSA) is 183 Å². The van der Waals surface area contributed by atoms with Crippen molar-refractivity contribution < 1.29 is 47.8 Å². The minimum atomic E-state index is -1.44. The molecule has 0 unspecified atom stereocenters. The standard InChI is InChI=1S/C69H81N3O10S/c1-9-25-49-36-38-52(39-37-49)46-80-65(78)59(47-83-69(54-30-19-12-20-31-54,55-32-21-13-22-33-55)56-34-23-14-24-35-56)71-64(77)53(45-62(75)81-67(3,4)5)44-61(74)57(72-66(79)82-68(6,7)8)40-41-60(73)58(43-51-28-17-11-18-29-51)70-63(76)48(2)42-50-26-15-10-16-27-50/h10-24,26-39,48,53,57-59H,9,25,40-47H2,1-8H3,(H,70,76)(H,71,77)(H,72,79)/t48-,53-,57-,58-,59-/m0/s1. The molecule has 0 aliphatic heterocycles. The number of ether oxygens (including phenoxy) is 3. The van der Waals surface area contributed by atoms with Gasteiger partial charge in [0, 0.05) is 24.5 Å².